The number of likely N-dealkylation sites (N-methyl/N-ethyl adjacent to an activating group) is 1. The molecule has 1 aromatic rings. The van der Waals surface area contributed by atoms with Crippen molar-refractivity contribution >= 4 is 17.3 Å². The summed E-state index contributed by atoms with van der Waals surface area (Å²) in [6.07, 6.45) is 10.1. The molecule has 1 aliphatic carbocycles. The van der Waals surface area contributed by atoms with Crippen molar-refractivity contribution in [2.75, 3.05) is 18.5 Å². The minimum Gasteiger partial charge on any atom is -0.370 e. The van der Waals surface area contributed by atoms with E-state index in [1.165, 1.54) is 16.8 Å². The zero-order valence-corrected chi connectivity index (χ0v) is 15.0. The second-order valence-corrected chi connectivity index (χ2v) is 6.90. The third kappa shape index (κ3) is 4.25. The maximum Gasteiger partial charge on any atom is 0.0446 e. The fourth-order valence-electron chi connectivity index (χ4n) is 2.96. The van der Waals surface area contributed by atoms with E-state index in [9.17, 15) is 0 Å². The molecule has 0 spiro atoms. The van der Waals surface area contributed by atoms with Crippen molar-refractivity contribution in [3.8, 4) is 0 Å². The van der Waals surface area contributed by atoms with Crippen LogP contribution in [0.1, 0.15) is 38.3 Å². The molecule has 2 rings (SSSR count). The first-order valence-electron chi connectivity index (χ1n) is 8.43. The molecule has 0 bridgehead atoms. The standard InChI is InChI=1S/C22H29N/c1-7-19-12-13-21(17(4)5)14-22(19)23(6)15-18-8-10-20(11-9-18)16(2)3/h7-10,12-14,16,20H,1,4,11,15H2,2-3,5-6H3. The predicted octanol–water partition coefficient (Wildman–Crippen LogP) is 5.96. The summed E-state index contributed by atoms with van der Waals surface area (Å²) in [7, 11) is 2.15. The van der Waals surface area contributed by atoms with E-state index < -0.39 is 0 Å². The second kappa shape index (κ2) is 7.50. The van der Waals surface area contributed by atoms with Crippen LogP contribution in [0.25, 0.3) is 11.6 Å². The number of anilines is 1. The van der Waals surface area contributed by atoms with Crippen LogP contribution in [-0.2, 0) is 0 Å². The number of rotatable bonds is 6. The van der Waals surface area contributed by atoms with E-state index >= 15 is 0 Å². The van der Waals surface area contributed by atoms with Gasteiger partial charge in [-0.2, -0.15) is 0 Å². The molecular formula is C22H29N. The highest BCUT2D eigenvalue weighted by molar-refractivity contribution is 5.73. The minimum absolute atomic E-state index is 0.680. The second-order valence-electron chi connectivity index (χ2n) is 6.90. The van der Waals surface area contributed by atoms with Gasteiger partial charge in [-0.1, -0.05) is 69.0 Å². The van der Waals surface area contributed by atoms with Crippen molar-refractivity contribution in [3.05, 3.63) is 66.3 Å². The Kier molecular flexibility index (Phi) is 5.65. The van der Waals surface area contributed by atoms with Gasteiger partial charge in [0, 0.05) is 19.3 Å². The maximum absolute atomic E-state index is 4.05. The van der Waals surface area contributed by atoms with E-state index in [2.05, 4.69) is 75.4 Å². The Balaban J connectivity index is 2.16. The topological polar surface area (TPSA) is 3.24 Å². The van der Waals surface area contributed by atoms with Gasteiger partial charge in [-0.25, -0.2) is 0 Å². The molecule has 1 aliphatic rings. The predicted molar refractivity (Wildman–Crippen MR) is 105 cm³/mol. The third-order valence-electron chi connectivity index (χ3n) is 4.64. The van der Waals surface area contributed by atoms with Gasteiger partial charge in [0.25, 0.3) is 0 Å². The smallest absolute Gasteiger partial charge is 0.0446 e. The van der Waals surface area contributed by atoms with E-state index in [4.69, 9.17) is 0 Å². The Morgan fingerprint density at radius 2 is 2.13 bits per heavy atom. The van der Waals surface area contributed by atoms with Crippen LogP contribution in [0.5, 0.6) is 0 Å². The lowest BCUT2D eigenvalue weighted by Gasteiger charge is -2.25. The lowest BCUT2D eigenvalue weighted by atomic mass is 9.87. The SMILES string of the molecule is C=Cc1ccc(C(=C)C)cc1N(C)CC1=CCC(C(C)C)C=C1. The molecule has 0 amide bonds. The van der Waals surface area contributed by atoms with Gasteiger partial charge in [0.05, 0.1) is 0 Å². The first-order valence-corrected chi connectivity index (χ1v) is 8.43. The Morgan fingerprint density at radius 3 is 2.65 bits per heavy atom. The average molecular weight is 307 g/mol. The zero-order chi connectivity index (χ0) is 17.0. The molecule has 0 fully saturated rings. The first kappa shape index (κ1) is 17.3. The summed E-state index contributed by atoms with van der Waals surface area (Å²) in [5.41, 5.74) is 6.04. The van der Waals surface area contributed by atoms with Crippen molar-refractivity contribution < 1.29 is 0 Å². The molecule has 1 heteroatoms. The zero-order valence-electron chi connectivity index (χ0n) is 15.0. The van der Waals surface area contributed by atoms with Crippen LogP contribution in [0, 0.1) is 11.8 Å². The summed E-state index contributed by atoms with van der Waals surface area (Å²) in [5.74, 6) is 1.39. The minimum atomic E-state index is 0.680. The summed E-state index contributed by atoms with van der Waals surface area (Å²) in [6, 6.07) is 6.45. The fraction of sp³-hybridized carbons (Fsp3) is 0.364. The normalized spacial score (nSPS) is 17.1. The first-order chi connectivity index (χ1) is 10.9. The molecular weight excluding hydrogens is 278 g/mol. The fourth-order valence-corrected chi connectivity index (χ4v) is 2.96. The highest BCUT2D eigenvalue weighted by atomic mass is 15.1. The van der Waals surface area contributed by atoms with Crippen molar-refractivity contribution in [2.45, 2.75) is 27.2 Å². The molecule has 0 saturated carbocycles. The van der Waals surface area contributed by atoms with Gasteiger partial charge in [-0.3, -0.25) is 0 Å². The molecule has 1 nitrogen and oxygen atoms in total. The number of allylic oxidation sites excluding steroid dienone is 3. The largest absolute Gasteiger partial charge is 0.370 e. The highest BCUT2D eigenvalue weighted by Crippen LogP contribution is 2.28. The van der Waals surface area contributed by atoms with E-state index in [1.807, 2.05) is 13.0 Å². The average Bonchev–Trinajstić information content (AvgIpc) is 2.54. The third-order valence-corrected chi connectivity index (χ3v) is 4.64. The number of hydrogen-bond acceptors (Lipinski definition) is 1. The van der Waals surface area contributed by atoms with Crippen molar-refractivity contribution in [1.29, 1.82) is 0 Å². The monoisotopic (exact) mass is 307 g/mol. The number of hydrogen-bond donors (Lipinski definition) is 0. The molecule has 1 aromatic carbocycles. The summed E-state index contributed by atoms with van der Waals surface area (Å²) in [4.78, 5) is 2.30. The van der Waals surface area contributed by atoms with Gasteiger partial charge >= 0.3 is 0 Å². The van der Waals surface area contributed by atoms with Crippen LogP contribution in [0.3, 0.4) is 0 Å². The van der Waals surface area contributed by atoms with Crippen molar-refractivity contribution in [3.63, 3.8) is 0 Å². The Hall–Kier alpha value is -2.02. The molecule has 0 saturated heterocycles. The Morgan fingerprint density at radius 1 is 1.39 bits per heavy atom. The number of benzene rings is 1. The summed E-state index contributed by atoms with van der Waals surface area (Å²) in [5, 5.41) is 0. The molecule has 0 radical (unpaired) electrons. The van der Waals surface area contributed by atoms with Gasteiger partial charge in [-0.05, 0) is 47.9 Å². The lowest BCUT2D eigenvalue weighted by molar-refractivity contribution is 0.466. The van der Waals surface area contributed by atoms with Gasteiger partial charge in [0.2, 0.25) is 0 Å². The van der Waals surface area contributed by atoms with Crippen LogP contribution < -0.4 is 4.90 Å². The van der Waals surface area contributed by atoms with Crippen LogP contribution >= 0.6 is 0 Å². The summed E-state index contributed by atoms with van der Waals surface area (Å²) >= 11 is 0. The number of nitrogens with zero attached hydrogens (tertiary/aromatic N) is 1. The van der Waals surface area contributed by atoms with Gasteiger partial charge in [-0.15, -0.1) is 0 Å². The molecule has 0 aromatic heterocycles. The van der Waals surface area contributed by atoms with E-state index in [1.54, 1.807) is 0 Å². The molecule has 122 valence electrons. The Bertz CT molecular complexity index is 646. The van der Waals surface area contributed by atoms with Crippen LogP contribution in [0.15, 0.2) is 55.2 Å². The highest BCUT2D eigenvalue weighted by Gasteiger charge is 2.14. The van der Waals surface area contributed by atoms with Crippen molar-refractivity contribution in [1.82, 2.24) is 0 Å². The molecule has 0 aliphatic heterocycles. The quantitative estimate of drug-likeness (QED) is 0.627. The molecule has 23 heavy (non-hydrogen) atoms. The van der Waals surface area contributed by atoms with Gasteiger partial charge in [0.15, 0.2) is 0 Å². The summed E-state index contributed by atoms with van der Waals surface area (Å²) < 4.78 is 0. The Labute approximate surface area is 141 Å². The molecule has 0 N–H and O–H groups in total. The molecule has 1 unspecified atom stereocenters. The van der Waals surface area contributed by atoms with E-state index in [-0.39, 0.29) is 0 Å². The van der Waals surface area contributed by atoms with Gasteiger partial charge < -0.3 is 4.90 Å². The maximum atomic E-state index is 4.05. The summed E-state index contributed by atoms with van der Waals surface area (Å²) in [6.45, 7) is 15.5. The van der Waals surface area contributed by atoms with Crippen LogP contribution in [-0.4, -0.2) is 13.6 Å². The van der Waals surface area contributed by atoms with E-state index in [0.717, 1.165) is 24.1 Å². The van der Waals surface area contributed by atoms with Crippen molar-refractivity contribution in [2.24, 2.45) is 11.8 Å². The lowest BCUT2D eigenvalue weighted by Crippen LogP contribution is -2.22. The van der Waals surface area contributed by atoms with Gasteiger partial charge in [0.1, 0.15) is 0 Å². The molecule has 0 heterocycles. The molecule has 1 atom stereocenters. The van der Waals surface area contributed by atoms with Crippen LogP contribution in [0.4, 0.5) is 5.69 Å². The van der Waals surface area contributed by atoms with E-state index in [0.29, 0.717) is 11.8 Å². The van der Waals surface area contributed by atoms with Crippen LogP contribution in [0.2, 0.25) is 0 Å².